The van der Waals surface area contributed by atoms with E-state index in [1.807, 2.05) is 0 Å². The molecule has 2 aromatic carbocycles. The lowest BCUT2D eigenvalue weighted by atomic mass is 9.96. The summed E-state index contributed by atoms with van der Waals surface area (Å²) < 4.78 is 144. The summed E-state index contributed by atoms with van der Waals surface area (Å²) in [6, 6.07) is 4.05. The second-order valence-corrected chi connectivity index (χ2v) is 9.18. The molecule has 1 aromatic heterocycles. The smallest absolute Gasteiger partial charge is 0.429 e. The molecule has 224 valence electrons. The molecule has 0 amide bonds. The van der Waals surface area contributed by atoms with Crippen LogP contribution in [-0.4, -0.2) is 22.3 Å². The van der Waals surface area contributed by atoms with Crippen molar-refractivity contribution in [1.29, 1.82) is 0 Å². The van der Waals surface area contributed by atoms with Crippen LogP contribution in [0.4, 0.5) is 43.9 Å². The lowest BCUT2D eigenvalue weighted by Crippen LogP contribution is -2.34. The lowest BCUT2D eigenvalue weighted by molar-refractivity contribution is -0.226. The van der Waals surface area contributed by atoms with Crippen LogP contribution < -0.4 is 0 Å². The second-order valence-electron chi connectivity index (χ2n) is 9.18. The summed E-state index contributed by atoms with van der Waals surface area (Å²) in [5.74, 6) is -6.29. The average molecular weight is 612 g/mol. The number of aromatic nitrogens is 2. The van der Waals surface area contributed by atoms with Gasteiger partial charge in [-0.25, -0.2) is 31.9 Å². The maximum Gasteiger partial charge on any atom is 0.432 e. The fourth-order valence-electron chi connectivity index (χ4n) is 4.06. The third kappa shape index (κ3) is 7.25. The number of allylic oxidation sites excluding steroid dienone is 4. The van der Waals surface area contributed by atoms with E-state index in [0.717, 1.165) is 24.1 Å². The van der Waals surface area contributed by atoms with Gasteiger partial charge in [-0.05, 0) is 60.2 Å². The van der Waals surface area contributed by atoms with Gasteiger partial charge in [0.15, 0.2) is 0 Å². The van der Waals surface area contributed by atoms with Gasteiger partial charge in [0.25, 0.3) is 0 Å². The van der Waals surface area contributed by atoms with Crippen molar-refractivity contribution in [3.8, 4) is 23.0 Å². The maximum atomic E-state index is 14.8. The predicted molar refractivity (Wildman–Crippen MR) is 135 cm³/mol. The first-order chi connectivity index (χ1) is 20.2. The summed E-state index contributed by atoms with van der Waals surface area (Å²) in [6.07, 6.45) is -7.35. The first-order valence-electron chi connectivity index (χ1n) is 12.3. The Bertz CT molecular complexity index is 1630. The Labute approximate surface area is 238 Å². The monoisotopic (exact) mass is 612 g/mol. The van der Waals surface area contributed by atoms with Crippen LogP contribution in [0.2, 0.25) is 0 Å². The highest BCUT2D eigenvalue weighted by atomic mass is 19.4. The van der Waals surface area contributed by atoms with Gasteiger partial charge in [0, 0.05) is 29.6 Å². The molecule has 4 rings (SSSR count). The number of halogens is 10. The molecule has 3 aromatic rings. The molecule has 3 nitrogen and oxygen atoms in total. The minimum Gasteiger partial charge on any atom is -0.429 e. The predicted octanol–water partition coefficient (Wildman–Crippen LogP) is 8.41. The molecule has 2 atom stereocenters. The van der Waals surface area contributed by atoms with Crippen molar-refractivity contribution < 1.29 is 48.6 Å². The van der Waals surface area contributed by atoms with E-state index >= 15 is 0 Å². The summed E-state index contributed by atoms with van der Waals surface area (Å²) in [5, 5.41) is 0. The van der Waals surface area contributed by atoms with Gasteiger partial charge in [-0.15, -0.1) is 6.58 Å². The summed E-state index contributed by atoms with van der Waals surface area (Å²) in [5.41, 5.74) is -1.90. The highest BCUT2D eigenvalue weighted by Gasteiger charge is 2.50. The van der Waals surface area contributed by atoms with Crippen molar-refractivity contribution in [3.05, 3.63) is 119 Å². The zero-order chi connectivity index (χ0) is 31.5. The number of hydrogen-bond donors (Lipinski definition) is 0. The summed E-state index contributed by atoms with van der Waals surface area (Å²) in [7, 11) is 0. The van der Waals surface area contributed by atoms with E-state index in [1.165, 1.54) is 6.07 Å². The first kappa shape index (κ1) is 31.3. The van der Waals surface area contributed by atoms with Gasteiger partial charge in [0.1, 0.15) is 46.7 Å². The van der Waals surface area contributed by atoms with Crippen LogP contribution in [0.3, 0.4) is 0 Å². The molecule has 1 aliphatic carbocycles. The summed E-state index contributed by atoms with van der Waals surface area (Å²) in [4.78, 5) is 8.16. The Kier molecular flexibility index (Phi) is 8.98. The fraction of sp³-hybridized carbons (Fsp3) is 0.200. The van der Waals surface area contributed by atoms with Gasteiger partial charge < -0.3 is 4.74 Å². The molecule has 1 heterocycles. The van der Waals surface area contributed by atoms with Gasteiger partial charge in [0.05, 0.1) is 0 Å². The van der Waals surface area contributed by atoms with Crippen LogP contribution in [0.25, 0.3) is 11.1 Å². The molecule has 13 heteroatoms. The molecule has 43 heavy (non-hydrogen) atoms. The molecule has 0 bridgehead atoms. The number of alkyl halides is 6. The van der Waals surface area contributed by atoms with Crippen molar-refractivity contribution in [2.45, 2.75) is 31.3 Å². The molecule has 0 radical (unpaired) electrons. The Balaban J connectivity index is 1.54. The lowest BCUT2D eigenvalue weighted by Gasteiger charge is -2.26. The van der Waals surface area contributed by atoms with E-state index in [-0.39, 0.29) is 29.1 Å². The Morgan fingerprint density at radius 2 is 1.56 bits per heavy atom. The number of nitrogens with zero attached hydrogens (tertiary/aromatic N) is 2. The number of aryl methyl sites for hydroxylation is 1. The van der Waals surface area contributed by atoms with E-state index in [0.29, 0.717) is 18.6 Å². The Morgan fingerprint density at radius 3 is 2.12 bits per heavy atom. The molecule has 0 fully saturated rings. The van der Waals surface area contributed by atoms with Gasteiger partial charge >= 0.3 is 12.3 Å². The minimum atomic E-state index is -5.37. The Hall–Kier alpha value is -4.60. The molecule has 0 spiro atoms. The first-order valence-corrected chi connectivity index (χ1v) is 12.3. The van der Waals surface area contributed by atoms with Crippen LogP contribution in [0.5, 0.6) is 0 Å². The summed E-state index contributed by atoms with van der Waals surface area (Å²) in [6.45, 7) is 3.63. The van der Waals surface area contributed by atoms with E-state index in [2.05, 4.69) is 33.1 Å². The third-order valence-electron chi connectivity index (χ3n) is 6.09. The van der Waals surface area contributed by atoms with E-state index in [9.17, 15) is 43.9 Å². The van der Waals surface area contributed by atoms with Crippen molar-refractivity contribution in [2.75, 3.05) is 0 Å². The van der Waals surface area contributed by atoms with Gasteiger partial charge in [-0.2, -0.15) is 22.0 Å². The molecule has 0 N–H and O–H groups in total. The van der Waals surface area contributed by atoms with Crippen molar-refractivity contribution in [2.24, 2.45) is 5.92 Å². The molecule has 0 saturated heterocycles. The quantitative estimate of drug-likeness (QED) is 0.153. The highest BCUT2D eigenvalue weighted by Crippen LogP contribution is 2.43. The van der Waals surface area contributed by atoms with Crippen molar-refractivity contribution >= 4 is 0 Å². The fourth-order valence-corrected chi connectivity index (χ4v) is 4.06. The normalized spacial score (nSPS) is 17.0. The van der Waals surface area contributed by atoms with Crippen LogP contribution in [0.1, 0.15) is 28.9 Å². The molecular weight excluding hydrogens is 594 g/mol. The van der Waals surface area contributed by atoms with Gasteiger partial charge in [-0.3, -0.25) is 0 Å². The largest absolute Gasteiger partial charge is 0.432 e. The van der Waals surface area contributed by atoms with Crippen LogP contribution in [0, 0.1) is 35.2 Å². The molecular formula is C30H18F10N2O. The average Bonchev–Trinajstić information content (AvgIpc) is 2.89. The zero-order valence-electron chi connectivity index (χ0n) is 21.6. The van der Waals surface area contributed by atoms with Gasteiger partial charge in [0.2, 0.25) is 5.82 Å². The van der Waals surface area contributed by atoms with Crippen molar-refractivity contribution in [3.63, 3.8) is 0 Å². The zero-order valence-corrected chi connectivity index (χ0v) is 21.6. The number of hydrogen-bond acceptors (Lipinski definition) is 3. The topological polar surface area (TPSA) is 35.0 Å². The minimum absolute atomic E-state index is 0.0926. The summed E-state index contributed by atoms with van der Waals surface area (Å²) >= 11 is 0. The van der Waals surface area contributed by atoms with E-state index < -0.39 is 64.5 Å². The maximum absolute atomic E-state index is 14.8. The van der Waals surface area contributed by atoms with E-state index in [1.54, 1.807) is 18.5 Å². The Morgan fingerprint density at radius 1 is 0.907 bits per heavy atom. The number of benzene rings is 2. The van der Waals surface area contributed by atoms with E-state index in [4.69, 9.17) is 0 Å². The number of ether oxygens (including phenoxy) is 1. The SMILES string of the molecule is C=CCCc1cnc(C#Cc2ccc(-c3cc(F)c(C(F)(F)OC4=CC(F)C(C(F)(F)F)C(F)=C4)c(F)c3)c(F)c2)nc1. The van der Waals surface area contributed by atoms with Crippen LogP contribution in [-0.2, 0) is 17.3 Å². The molecule has 2 unspecified atom stereocenters. The van der Waals surface area contributed by atoms with Crippen molar-refractivity contribution in [1.82, 2.24) is 9.97 Å². The van der Waals surface area contributed by atoms with Crippen LogP contribution >= 0.6 is 0 Å². The molecule has 0 saturated carbocycles. The van der Waals surface area contributed by atoms with Gasteiger partial charge in [-0.1, -0.05) is 18.1 Å². The molecule has 1 aliphatic rings. The second kappa shape index (κ2) is 12.3. The molecule has 0 aliphatic heterocycles. The third-order valence-corrected chi connectivity index (χ3v) is 6.09. The van der Waals surface area contributed by atoms with Crippen LogP contribution in [0.15, 0.2) is 79.1 Å². The highest BCUT2D eigenvalue weighted by molar-refractivity contribution is 5.66. The standard InChI is InChI=1S/C30H18F10N2O/c1-2-3-4-17-14-41-26(42-15-17)8-6-16-5-7-20(21(31)9-16)18-10-22(32)28(23(33)11-18)30(39,40)43-19-12-24(34)27(25(35)13-19)29(36,37)38/h2,5,7,9-15,24,27H,1,3-4H2. The number of rotatable bonds is 7.